The van der Waals surface area contributed by atoms with E-state index in [0.29, 0.717) is 25.2 Å². The largest absolute Gasteiger partial charge is 0.486 e. The number of pyridine rings is 1. The molecule has 6 rings (SSSR count). The lowest BCUT2D eigenvalue weighted by atomic mass is 10.0. The van der Waals surface area contributed by atoms with Gasteiger partial charge in [0.1, 0.15) is 13.2 Å². The zero-order valence-electron chi connectivity index (χ0n) is 21.0. The van der Waals surface area contributed by atoms with Gasteiger partial charge in [0.2, 0.25) is 0 Å². The number of piperidine rings is 1. The molecule has 36 heavy (non-hydrogen) atoms. The van der Waals surface area contributed by atoms with Gasteiger partial charge in [-0.2, -0.15) is 0 Å². The fourth-order valence-corrected chi connectivity index (χ4v) is 5.53. The van der Waals surface area contributed by atoms with E-state index >= 15 is 0 Å². The monoisotopic (exact) mass is 509 g/mol. The number of halogens is 1. The minimum absolute atomic E-state index is 0. The van der Waals surface area contributed by atoms with E-state index in [2.05, 4.69) is 40.5 Å². The molecule has 1 saturated heterocycles. The average Bonchev–Trinajstić information content (AvgIpc) is 3.73. The van der Waals surface area contributed by atoms with Gasteiger partial charge in [-0.1, -0.05) is 18.2 Å². The van der Waals surface area contributed by atoms with Crippen LogP contribution in [0.5, 0.6) is 11.5 Å². The number of fused-ring (bicyclic) bond motifs is 2. The van der Waals surface area contributed by atoms with Gasteiger partial charge in [-0.15, -0.1) is 12.4 Å². The van der Waals surface area contributed by atoms with Crippen LogP contribution in [0.3, 0.4) is 0 Å². The Labute approximate surface area is 219 Å². The second-order valence-corrected chi connectivity index (χ2v) is 10.3. The Bertz CT molecular complexity index is 1280. The number of hydrogen-bond donors (Lipinski definition) is 1. The van der Waals surface area contributed by atoms with E-state index in [1.165, 1.54) is 29.4 Å². The molecule has 3 aliphatic rings. The zero-order chi connectivity index (χ0) is 23.8. The van der Waals surface area contributed by atoms with E-state index in [-0.39, 0.29) is 18.0 Å². The Morgan fingerprint density at radius 2 is 1.69 bits per heavy atom. The summed E-state index contributed by atoms with van der Waals surface area (Å²) in [7, 11) is 0. The minimum Gasteiger partial charge on any atom is -0.486 e. The molecule has 0 radical (unpaired) electrons. The van der Waals surface area contributed by atoms with Gasteiger partial charge in [0, 0.05) is 37.1 Å². The standard InChI is InChI=1S/C29H35N3O3.ClH/c1-20-16-29(33)32(26-18-23(22-3-4-22)5-6-25(20)26)13-12-31-10-8-24(9-11-31)30-19-21-2-7-27-28(17-21)35-15-14-34-27;/h2,5-7,16-18,22,24,30H,3-4,8-15,19H2,1H3;1H. The van der Waals surface area contributed by atoms with Crippen molar-refractivity contribution in [2.24, 2.45) is 0 Å². The Morgan fingerprint density at radius 1 is 0.917 bits per heavy atom. The average molecular weight is 510 g/mol. The fraction of sp³-hybridized carbons (Fsp3) is 0.483. The molecule has 6 nitrogen and oxygen atoms in total. The second kappa shape index (κ2) is 10.8. The van der Waals surface area contributed by atoms with Crippen LogP contribution in [0.15, 0.2) is 47.3 Å². The van der Waals surface area contributed by atoms with Crippen molar-refractivity contribution in [2.45, 2.75) is 57.7 Å². The number of ether oxygens (including phenoxy) is 2. The summed E-state index contributed by atoms with van der Waals surface area (Å²) in [4.78, 5) is 15.4. The van der Waals surface area contributed by atoms with E-state index in [1.54, 1.807) is 6.07 Å². The maximum atomic E-state index is 12.9. The van der Waals surface area contributed by atoms with Crippen molar-refractivity contribution in [3.63, 3.8) is 0 Å². The number of hydrogen-bond acceptors (Lipinski definition) is 5. The van der Waals surface area contributed by atoms with Gasteiger partial charge in [-0.05, 0) is 86.5 Å². The third kappa shape index (κ3) is 5.41. The number of likely N-dealkylation sites (tertiary alicyclic amines) is 1. The van der Waals surface area contributed by atoms with Crippen molar-refractivity contribution < 1.29 is 9.47 Å². The molecular weight excluding hydrogens is 474 g/mol. The summed E-state index contributed by atoms with van der Waals surface area (Å²) in [5.41, 5.74) is 4.93. The third-order valence-corrected chi connectivity index (χ3v) is 7.82. The van der Waals surface area contributed by atoms with Crippen LogP contribution in [-0.4, -0.2) is 48.4 Å². The van der Waals surface area contributed by atoms with Gasteiger partial charge in [0.05, 0.1) is 5.52 Å². The third-order valence-electron chi connectivity index (χ3n) is 7.82. The van der Waals surface area contributed by atoms with Crippen LogP contribution in [-0.2, 0) is 13.1 Å². The molecule has 2 aliphatic heterocycles. The number of aromatic nitrogens is 1. The number of aryl methyl sites for hydroxylation is 1. The van der Waals surface area contributed by atoms with Gasteiger partial charge < -0.3 is 24.3 Å². The van der Waals surface area contributed by atoms with Crippen LogP contribution in [0.25, 0.3) is 10.9 Å². The van der Waals surface area contributed by atoms with Crippen molar-refractivity contribution in [3.8, 4) is 11.5 Å². The Balaban J connectivity index is 0.00000267. The highest BCUT2D eigenvalue weighted by Gasteiger charge is 2.24. The Kier molecular flexibility index (Phi) is 7.56. The highest BCUT2D eigenvalue weighted by Crippen LogP contribution is 2.41. The molecule has 3 aromatic rings. The first-order valence-electron chi connectivity index (χ1n) is 13.1. The highest BCUT2D eigenvalue weighted by atomic mass is 35.5. The summed E-state index contributed by atoms with van der Waals surface area (Å²) in [6.07, 6.45) is 4.80. The predicted molar refractivity (Wildman–Crippen MR) is 146 cm³/mol. The second-order valence-electron chi connectivity index (χ2n) is 10.3. The Hall–Kier alpha value is -2.54. The van der Waals surface area contributed by atoms with Crippen LogP contribution < -0.4 is 20.3 Å². The maximum absolute atomic E-state index is 12.9. The van der Waals surface area contributed by atoms with Gasteiger partial charge in [0.25, 0.3) is 5.56 Å². The quantitative estimate of drug-likeness (QED) is 0.503. The summed E-state index contributed by atoms with van der Waals surface area (Å²) in [6.45, 7) is 7.92. The summed E-state index contributed by atoms with van der Waals surface area (Å²) in [5.74, 6) is 2.39. The smallest absolute Gasteiger partial charge is 0.251 e. The lowest BCUT2D eigenvalue weighted by Crippen LogP contribution is -2.43. The van der Waals surface area contributed by atoms with Gasteiger partial charge in [-0.25, -0.2) is 0 Å². The van der Waals surface area contributed by atoms with Crippen LogP contribution in [0, 0.1) is 6.92 Å². The van der Waals surface area contributed by atoms with E-state index in [4.69, 9.17) is 9.47 Å². The fourth-order valence-electron chi connectivity index (χ4n) is 5.53. The molecule has 2 aromatic carbocycles. The molecule has 1 aromatic heterocycles. The van der Waals surface area contributed by atoms with Crippen LogP contribution in [0.2, 0.25) is 0 Å². The summed E-state index contributed by atoms with van der Waals surface area (Å²) in [5, 5.41) is 4.93. The summed E-state index contributed by atoms with van der Waals surface area (Å²) < 4.78 is 13.3. The normalized spacial score (nSPS) is 18.2. The Morgan fingerprint density at radius 3 is 2.47 bits per heavy atom. The van der Waals surface area contributed by atoms with E-state index in [1.807, 2.05) is 17.6 Å². The molecule has 1 saturated carbocycles. The van der Waals surface area contributed by atoms with Crippen molar-refractivity contribution >= 4 is 23.3 Å². The lowest BCUT2D eigenvalue weighted by molar-refractivity contribution is 0.171. The molecule has 0 unspecified atom stereocenters. The lowest BCUT2D eigenvalue weighted by Gasteiger charge is -2.32. The molecule has 0 atom stereocenters. The highest BCUT2D eigenvalue weighted by molar-refractivity contribution is 5.85. The van der Waals surface area contributed by atoms with E-state index in [0.717, 1.165) is 68.1 Å². The molecule has 7 heteroatoms. The van der Waals surface area contributed by atoms with Crippen molar-refractivity contribution in [1.82, 2.24) is 14.8 Å². The molecule has 0 spiro atoms. The first-order chi connectivity index (χ1) is 17.1. The molecule has 192 valence electrons. The van der Waals surface area contributed by atoms with Gasteiger partial charge >= 0.3 is 0 Å². The predicted octanol–water partition coefficient (Wildman–Crippen LogP) is 4.63. The van der Waals surface area contributed by atoms with E-state index < -0.39 is 0 Å². The van der Waals surface area contributed by atoms with Crippen molar-refractivity contribution in [2.75, 3.05) is 32.8 Å². The zero-order valence-corrected chi connectivity index (χ0v) is 21.8. The molecule has 0 bridgehead atoms. The number of nitrogens with zero attached hydrogens (tertiary/aromatic N) is 2. The molecule has 1 aliphatic carbocycles. The first kappa shape index (κ1) is 25.1. The molecule has 3 heterocycles. The van der Waals surface area contributed by atoms with Crippen molar-refractivity contribution in [3.05, 3.63) is 69.5 Å². The first-order valence-corrected chi connectivity index (χ1v) is 13.1. The number of rotatable bonds is 7. The van der Waals surface area contributed by atoms with Gasteiger partial charge in [0.15, 0.2) is 11.5 Å². The molecule has 2 fully saturated rings. The summed E-state index contributed by atoms with van der Waals surface area (Å²) >= 11 is 0. The van der Waals surface area contributed by atoms with Gasteiger partial charge in [-0.3, -0.25) is 4.79 Å². The number of benzene rings is 2. The van der Waals surface area contributed by atoms with Crippen LogP contribution in [0.4, 0.5) is 0 Å². The maximum Gasteiger partial charge on any atom is 0.251 e. The SMILES string of the molecule is Cc1cc(=O)n(CCN2CCC(NCc3ccc4c(c3)OCCO4)CC2)c2cc(C3CC3)ccc12.Cl. The van der Waals surface area contributed by atoms with E-state index in [9.17, 15) is 4.79 Å². The number of nitrogens with one attached hydrogen (secondary N) is 1. The topological polar surface area (TPSA) is 55.7 Å². The van der Waals surface area contributed by atoms with Crippen LogP contribution >= 0.6 is 12.4 Å². The summed E-state index contributed by atoms with van der Waals surface area (Å²) in [6, 6.07) is 15.3. The molecule has 1 N–H and O–H groups in total. The molecular formula is C29H36ClN3O3. The molecule has 0 amide bonds. The van der Waals surface area contributed by atoms with Crippen molar-refractivity contribution in [1.29, 1.82) is 0 Å². The van der Waals surface area contributed by atoms with Crippen LogP contribution in [0.1, 0.15) is 48.3 Å². The minimum atomic E-state index is 0.